The lowest BCUT2D eigenvalue weighted by Crippen LogP contribution is -2.40. The van der Waals surface area contributed by atoms with Crippen molar-refractivity contribution >= 4 is 11.8 Å². The van der Waals surface area contributed by atoms with Crippen molar-refractivity contribution in [3.63, 3.8) is 0 Å². The van der Waals surface area contributed by atoms with Gasteiger partial charge in [0.15, 0.2) is 5.69 Å². The van der Waals surface area contributed by atoms with E-state index < -0.39 is 5.97 Å². The molecule has 7 heteroatoms. The van der Waals surface area contributed by atoms with Gasteiger partial charge in [-0.2, -0.15) is 0 Å². The molecular formula is C13H19N3O4. The van der Waals surface area contributed by atoms with Crippen LogP contribution in [0.3, 0.4) is 0 Å². The quantitative estimate of drug-likeness (QED) is 0.772. The average Bonchev–Trinajstić information content (AvgIpc) is 2.48. The number of nitrogens with zero attached hydrogens (tertiary/aromatic N) is 3. The Morgan fingerprint density at radius 3 is 2.95 bits per heavy atom. The van der Waals surface area contributed by atoms with Crippen molar-refractivity contribution < 1.29 is 19.4 Å². The van der Waals surface area contributed by atoms with E-state index in [9.17, 15) is 4.79 Å². The maximum absolute atomic E-state index is 10.7. The van der Waals surface area contributed by atoms with Gasteiger partial charge >= 0.3 is 5.97 Å². The van der Waals surface area contributed by atoms with E-state index in [1.807, 2.05) is 0 Å². The monoisotopic (exact) mass is 281 g/mol. The Morgan fingerprint density at radius 1 is 1.45 bits per heavy atom. The van der Waals surface area contributed by atoms with Crippen LogP contribution in [0.2, 0.25) is 0 Å². The Labute approximate surface area is 117 Å². The number of aromatic nitrogens is 2. The summed E-state index contributed by atoms with van der Waals surface area (Å²) in [6.07, 6.45) is 4.97. The largest absolute Gasteiger partial charge is 0.476 e. The summed E-state index contributed by atoms with van der Waals surface area (Å²) in [6.45, 7) is 2.79. The van der Waals surface area contributed by atoms with E-state index >= 15 is 0 Å². The van der Waals surface area contributed by atoms with Gasteiger partial charge < -0.3 is 19.5 Å². The van der Waals surface area contributed by atoms with Gasteiger partial charge in [0.2, 0.25) is 0 Å². The first kappa shape index (κ1) is 14.7. The highest BCUT2D eigenvalue weighted by Gasteiger charge is 2.21. The van der Waals surface area contributed by atoms with Crippen LogP contribution in [-0.2, 0) is 9.47 Å². The van der Waals surface area contributed by atoms with Crippen LogP contribution in [0.4, 0.5) is 5.82 Å². The van der Waals surface area contributed by atoms with Crippen molar-refractivity contribution in [2.24, 2.45) is 0 Å². The standard InChI is InChI=1S/C13H19N3O4/c1-19-5-6-20-10-3-2-4-16(9-10)12-8-14-11(7-15-12)13(17)18/h7-8,10H,2-6,9H2,1H3,(H,17,18). The minimum atomic E-state index is -1.07. The Bertz CT molecular complexity index is 438. The number of carboxylic acid groups (broad SMARTS) is 1. The minimum Gasteiger partial charge on any atom is -0.476 e. The van der Waals surface area contributed by atoms with Crippen LogP contribution >= 0.6 is 0 Å². The number of hydrogen-bond donors (Lipinski definition) is 1. The summed E-state index contributed by atoms with van der Waals surface area (Å²) >= 11 is 0. The molecule has 110 valence electrons. The number of ether oxygens (including phenoxy) is 2. The van der Waals surface area contributed by atoms with Crippen LogP contribution < -0.4 is 4.90 Å². The molecule has 1 atom stereocenters. The van der Waals surface area contributed by atoms with Crippen molar-refractivity contribution in [1.29, 1.82) is 0 Å². The third-order valence-corrected chi connectivity index (χ3v) is 3.20. The third-order valence-electron chi connectivity index (χ3n) is 3.20. The Hall–Kier alpha value is -1.73. The molecule has 0 amide bonds. The van der Waals surface area contributed by atoms with Gasteiger partial charge in [-0.05, 0) is 12.8 Å². The van der Waals surface area contributed by atoms with Crippen LogP contribution in [0.1, 0.15) is 23.3 Å². The maximum atomic E-state index is 10.7. The van der Waals surface area contributed by atoms with Crippen molar-refractivity contribution in [1.82, 2.24) is 9.97 Å². The number of anilines is 1. The zero-order valence-electron chi connectivity index (χ0n) is 11.5. The van der Waals surface area contributed by atoms with Gasteiger partial charge in [0.25, 0.3) is 0 Å². The maximum Gasteiger partial charge on any atom is 0.356 e. The molecule has 20 heavy (non-hydrogen) atoms. The summed E-state index contributed by atoms with van der Waals surface area (Å²) in [5.74, 6) is -0.376. The number of carbonyl (C=O) groups is 1. The number of carboxylic acids is 1. The molecule has 1 aromatic heterocycles. The summed E-state index contributed by atoms with van der Waals surface area (Å²) in [5, 5.41) is 8.80. The van der Waals surface area contributed by atoms with E-state index in [0.29, 0.717) is 19.0 Å². The molecule has 1 N–H and O–H groups in total. The molecule has 1 fully saturated rings. The van der Waals surface area contributed by atoms with Gasteiger partial charge in [0, 0.05) is 20.2 Å². The second-order valence-corrected chi connectivity index (χ2v) is 4.64. The molecule has 0 saturated carbocycles. The van der Waals surface area contributed by atoms with Crippen LogP contribution in [0.15, 0.2) is 12.4 Å². The van der Waals surface area contributed by atoms with Crippen LogP contribution in [-0.4, -0.2) is 60.6 Å². The number of hydrogen-bond acceptors (Lipinski definition) is 6. The van der Waals surface area contributed by atoms with E-state index in [0.717, 1.165) is 25.9 Å². The average molecular weight is 281 g/mol. The Balaban J connectivity index is 1.92. The smallest absolute Gasteiger partial charge is 0.356 e. The molecule has 1 aromatic rings. The number of rotatable bonds is 6. The van der Waals surface area contributed by atoms with Gasteiger partial charge in [-0.15, -0.1) is 0 Å². The predicted octanol–water partition coefficient (Wildman–Crippen LogP) is 0.807. The van der Waals surface area contributed by atoms with Gasteiger partial charge in [0.1, 0.15) is 5.82 Å². The lowest BCUT2D eigenvalue weighted by Gasteiger charge is -2.33. The molecule has 1 unspecified atom stereocenters. The van der Waals surface area contributed by atoms with Crippen LogP contribution in [0.5, 0.6) is 0 Å². The fourth-order valence-electron chi connectivity index (χ4n) is 2.18. The third kappa shape index (κ3) is 3.88. The highest BCUT2D eigenvalue weighted by molar-refractivity contribution is 5.84. The SMILES string of the molecule is COCCOC1CCCN(c2cnc(C(=O)O)cn2)C1. The molecule has 2 rings (SSSR count). The molecule has 2 heterocycles. The highest BCUT2D eigenvalue weighted by atomic mass is 16.5. The van der Waals surface area contributed by atoms with E-state index in [1.165, 1.54) is 12.4 Å². The molecule has 0 radical (unpaired) electrons. The predicted molar refractivity (Wildman–Crippen MR) is 72.1 cm³/mol. The van der Waals surface area contributed by atoms with Crippen LogP contribution in [0.25, 0.3) is 0 Å². The van der Waals surface area contributed by atoms with Crippen molar-refractivity contribution in [2.45, 2.75) is 18.9 Å². The second kappa shape index (κ2) is 7.16. The van der Waals surface area contributed by atoms with Crippen molar-refractivity contribution in [2.75, 3.05) is 38.3 Å². The summed E-state index contributed by atoms with van der Waals surface area (Å²) in [6, 6.07) is 0. The Kier molecular flexibility index (Phi) is 5.25. The minimum absolute atomic E-state index is 0.0429. The zero-order valence-corrected chi connectivity index (χ0v) is 11.5. The fraction of sp³-hybridized carbons (Fsp3) is 0.615. The lowest BCUT2D eigenvalue weighted by molar-refractivity contribution is 0.0110. The van der Waals surface area contributed by atoms with Crippen molar-refractivity contribution in [3.05, 3.63) is 18.1 Å². The molecular weight excluding hydrogens is 262 g/mol. The normalized spacial score (nSPS) is 19.1. The van der Waals surface area contributed by atoms with E-state index in [2.05, 4.69) is 14.9 Å². The first-order valence-electron chi connectivity index (χ1n) is 6.61. The lowest BCUT2D eigenvalue weighted by atomic mass is 10.1. The van der Waals surface area contributed by atoms with Crippen molar-refractivity contribution in [3.8, 4) is 0 Å². The fourth-order valence-corrected chi connectivity index (χ4v) is 2.18. The molecule has 0 aromatic carbocycles. The van der Waals surface area contributed by atoms with Gasteiger partial charge in [-0.25, -0.2) is 14.8 Å². The van der Waals surface area contributed by atoms with Gasteiger partial charge in [-0.1, -0.05) is 0 Å². The molecule has 7 nitrogen and oxygen atoms in total. The van der Waals surface area contributed by atoms with E-state index in [1.54, 1.807) is 7.11 Å². The topological polar surface area (TPSA) is 84.8 Å². The summed E-state index contributed by atoms with van der Waals surface area (Å²) in [4.78, 5) is 20.9. The van der Waals surface area contributed by atoms with E-state index in [4.69, 9.17) is 14.6 Å². The van der Waals surface area contributed by atoms with E-state index in [-0.39, 0.29) is 11.8 Å². The Morgan fingerprint density at radius 2 is 2.30 bits per heavy atom. The highest BCUT2D eigenvalue weighted by Crippen LogP contribution is 2.18. The summed E-state index contributed by atoms with van der Waals surface area (Å²) < 4.78 is 10.7. The molecule has 0 aliphatic carbocycles. The summed E-state index contributed by atoms with van der Waals surface area (Å²) in [5.41, 5.74) is -0.0429. The number of methoxy groups -OCH3 is 1. The molecule has 0 bridgehead atoms. The van der Waals surface area contributed by atoms with Crippen LogP contribution in [0, 0.1) is 0 Å². The van der Waals surface area contributed by atoms with Gasteiger partial charge in [-0.3, -0.25) is 0 Å². The molecule has 1 saturated heterocycles. The first-order valence-corrected chi connectivity index (χ1v) is 6.61. The first-order chi connectivity index (χ1) is 9.70. The molecule has 1 aliphatic heterocycles. The number of aromatic carboxylic acids is 1. The van der Waals surface area contributed by atoms with Gasteiger partial charge in [0.05, 0.1) is 31.7 Å². The second-order valence-electron chi connectivity index (χ2n) is 4.64. The number of piperidine rings is 1. The molecule has 0 spiro atoms. The zero-order chi connectivity index (χ0) is 14.4. The molecule has 1 aliphatic rings. The summed E-state index contributed by atoms with van der Waals surface area (Å²) in [7, 11) is 1.65.